The molecule has 6 aliphatic carbocycles. The van der Waals surface area contributed by atoms with Crippen molar-refractivity contribution in [3.8, 4) is 0 Å². The molecule has 6 saturated carbocycles. The van der Waals surface area contributed by atoms with Crippen LogP contribution in [0.2, 0.25) is 0 Å². The SMILES string of the molecule is C=C1C2CCC3(C([C@H]2O)[C@@]24CCC[C@@]5(C)CN(CC)C2[C@@H]3C[C@H]54)[C@@H]1O. The summed E-state index contributed by atoms with van der Waals surface area (Å²) in [4.78, 5) is 2.77. The summed E-state index contributed by atoms with van der Waals surface area (Å²) in [5.74, 6) is 1.77. The Morgan fingerprint density at radius 3 is 2.76 bits per heavy atom. The van der Waals surface area contributed by atoms with Gasteiger partial charge in [-0.15, -0.1) is 0 Å². The maximum absolute atomic E-state index is 11.5. The van der Waals surface area contributed by atoms with Gasteiger partial charge in [0, 0.05) is 29.8 Å². The van der Waals surface area contributed by atoms with Crippen molar-refractivity contribution in [3.63, 3.8) is 0 Å². The van der Waals surface area contributed by atoms with E-state index < -0.39 is 0 Å². The molecule has 2 spiro atoms. The molecule has 138 valence electrons. The molecule has 1 saturated heterocycles. The molecule has 0 aromatic rings. The minimum Gasteiger partial charge on any atom is -0.392 e. The molecule has 0 amide bonds. The first kappa shape index (κ1) is 15.7. The number of piperidine rings is 1. The first-order valence-electron chi connectivity index (χ1n) is 10.7. The Bertz CT molecular complexity index is 662. The number of likely N-dealkylation sites (tertiary alicyclic amines) is 1. The van der Waals surface area contributed by atoms with Crippen LogP contribution in [0.15, 0.2) is 12.2 Å². The number of nitrogens with zero attached hydrogens (tertiary/aromatic N) is 1. The molecule has 3 heteroatoms. The molecule has 0 aromatic heterocycles. The molecule has 7 rings (SSSR count). The Balaban J connectivity index is 1.60. The Morgan fingerprint density at radius 1 is 1.20 bits per heavy atom. The molecule has 0 aromatic carbocycles. The van der Waals surface area contributed by atoms with Crippen LogP contribution in [-0.4, -0.2) is 46.5 Å². The lowest BCUT2D eigenvalue weighted by molar-refractivity contribution is -0.227. The predicted octanol–water partition coefficient (Wildman–Crippen LogP) is 2.82. The number of rotatable bonds is 1. The van der Waals surface area contributed by atoms with E-state index in [2.05, 4.69) is 25.3 Å². The normalized spacial score (nSPS) is 64.6. The molecule has 7 bridgehead atoms. The van der Waals surface area contributed by atoms with Gasteiger partial charge in [-0.1, -0.05) is 26.8 Å². The number of aliphatic hydroxyl groups excluding tert-OH is 2. The summed E-state index contributed by atoms with van der Waals surface area (Å²) in [6.45, 7) is 11.5. The van der Waals surface area contributed by atoms with E-state index in [4.69, 9.17) is 0 Å². The minimum absolute atomic E-state index is 0.0809. The van der Waals surface area contributed by atoms with Crippen molar-refractivity contribution in [1.29, 1.82) is 0 Å². The largest absolute Gasteiger partial charge is 0.392 e. The lowest BCUT2D eigenvalue weighted by atomic mass is 9.39. The maximum atomic E-state index is 11.5. The Morgan fingerprint density at radius 2 is 2.00 bits per heavy atom. The quantitative estimate of drug-likeness (QED) is 0.720. The highest BCUT2D eigenvalue weighted by molar-refractivity contribution is 5.38. The monoisotopic (exact) mass is 343 g/mol. The molecule has 25 heavy (non-hydrogen) atoms. The van der Waals surface area contributed by atoms with E-state index in [9.17, 15) is 10.2 Å². The first-order valence-corrected chi connectivity index (χ1v) is 10.7. The predicted molar refractivity (Wildman–Crippen MR) is 96.8 cm³/mol. The van der Waals surface area contributed by atoms with Crippen molar-refractivity contribution in [2.45, 2.75) is 70.6 Å². The van der Waals surface area contributed by atoms with E-state index in [1.165, 1.54) is 32.2 Å². The van der Waals surface area contributed by atoms with Crippen LogP contribution >= 0.6 is 0 Å². The average molecular weight is 344 g/mol. The summed E-state index contributed by atoms with van der Waals surface area (Å²) in [5.41, 5.74) is 1.54. The van der Waals surface area contributed by atoms with Crippen LogP contribution < -0.4 is 0 Å². The van der Waals surface area contributed by atoms with Gasteiger partial charge in [-0.3, -0.25) is 4.90 Å². The number of hydrogen-bond acceptors (Lipinski definition) is 3. The first-order chi connectivity index (χ1) is 11.9. The van der Waals surface area contributed by atoms with E-state index >= 15 is 0 Å². The summed E-state index contributed by atoms with van der Waals surface area (Å²) >= 11 is 0. The second-order valence-electron chi connectivity index (χ2n) is 10.7. The van der Waals surface area contributed by atoms with Crippen LogP contribution in [0.1, 0.15) is 52.4 Å². The van der Waals surface area contributed by atoms with Gasteiger partial charge < -0.3 is 10.2 Å². The molecular weight excluding hydrogens is 310 g/mol. The highest BCUT2D eigenvalue weighted by Gasteiger charge is 2.84. The van der Waals surface area contributed by atoms with Crippen LogP contribution in [0.25, 0.3) is 0 Å². The second kappa shape index (κ2) is 4.36. The van der Waals surface area contributed by atoms with Crippen LogP contribution in [0.4, 0.5) is 0 Å². The van der Waals surface area contributed by atoms with Gasteiger partial charge in [0.15, 0.2) is 0 Å². The van der Waals surface area contributed by atoms with Crippen molar-refractivity contribution < 1.29 is 10.2 Å². The Labute approximate surface area is 151 Å². The summed E-state index contributed by atoms with van der Waals surface area (Å²) in [6, 6.07) is 0.592. The van der Waals surface area contributed by atoms with Gasteiger partial charge in [0.1, 0.15) is 0 Å². The maximum Gasteiger partial charge on any atom is 0.0814 e. The molecule has 2 N–H and O–H groups in total. The van der Waals surface area contributed by atoms with Gasteiger partial charge in [-0.25, -0.2) is 0 Å². The van der Waals surface area contributed by atoms with Crippen LogP contribution in [0.5, 0.6) is 0 Å². The highest BCUT2D eigenvalue weighted by Crippen LogP contribution is 2.83. The van der Waals surface area contributed by atoms with Crippen LogP contribution in [0.3, 0.4) is 0 Å². The fourth-order valence-corrected chi connectivity index (χ4v) is 10.1. The third-order valence-electron chi connectivity index (χ3n) is 10.5. The lowest BCUT2D eigenvalue weighted by Crippen LogP contribution is -2.69. The van der Waals surface area contributed by atoms with Crippen LogP contribution in [-0.2, 0) is 0 Å². The molecule has 1 heterocycles. The molecule has 4 unspecified atom stereocenters. The lowest BCUT2D eigenvalue weighted by Gasteiger charge is -2.68. The fraction of sp³-hybridized carbons (Fsp3) is 0.909. The number of fused-ring (bicyclic) bond motifs is 2. The number of aliphatic hydroxyl groups is 2. The van der Waals surface area contributed by atoms with Gasteiger partial charge in [-0.2, -0.15) is 0 Å². The fourth-order valence-electron chi connectivity index (χ4n) is 10.1. The van der Waals surface area contributed by atoms with Gasteiger partial charge >= 0.3 is 0 Å². The molecule has 1 aliphatic heterocycles. The zero-order valence-corrected chi connectivity index (χ0v) is 15.7. The summed E-state index contributed by atoms with van der Waals surface area (Å²) in [7, 11) is 0. The van der Waals surface area contributed by atoms with Gasteiger partial charge in [0.25, 0.3) is 0 Å². The third-order valence-corrected chi connectivity index (χ3v) is 10.5. The zero-order chi connectivity index (χ0) is 17.4. The zero-order valence-electron chi connectivity index (χ0n) is 15.7. The topological polar surface area (TPSA) is 43.7 Å². The van der Waals surface area contributed by atoms with Crippen molar-refractivity contribution in [2.24, 2.45) is 39.9 Å². The third kappa shape index (κ3) is 1.34. The molecule has 10 atom stereocenters. The average Bonchev–Trinajstić information content (AvgIpc) is 2.99. The molecular formula is C22H33NO2. The van der Waals surface area contributed by atoms with E-state index in [1.807, 2.05) is 0 Å². The minimum atomic E-state index is -0.377. The van der Waals surface area contributed by atoms with Crippen LogP contribution in [0, 0.1) is 39.9 Å². The molecule has 3 nitrogen and oxygen atoms in total. The van der Waals surface area contributed by atoms with Gasteiger partial charge in [0.05, 0.1) is 12.2 Å². The summed E-state index contributed by atoms with van der Waals surface area (Å²) < 4.78 is 0. The molecule has 7 aliphatic rings. The second-order valence-corrected chi connectivity index (χ2v) is 10.7. The van der Waals surface area contributed by atoms with E-state index in [1.54, 1.807) is 0 Å². The standard InChI is InChI=1S/C22H33NO2/c1-4-23-11-20(3)7-5-8-22-15(20)10-14(18(22)23)21-9-6-13(12(2)19(21)25)16(24)17(21)22/h13-19,24-25H,2,4-11H2,1,3H3/t13?,14-,15+,16-,17?,18?,19+,20-,21?,22-/m0/s1. The van der Waals surface area contributed by atoms with Crippen molar-refractivity contribution in [1.82, 2.24) is 4.90 Å². The Kier molecular flexibility index (Phi) is 2.73. The van der Waals surface area contributed by atoms with E-state index in [0.29, 0.717) is 23.3 Å². The summed E-state index contributed by atoms with van der Waals surface area (Å²) in [6.07, 6.45) is 6.75. The van der Waals surface area contributed by atoms with Gasteiger partial charge in [-0.05, 0) is 66.9 Å². The van der Waals surface area contributed by atoms with Crippen molar-refractivity contribution in [2.75, 3.05) is 13.1 Å². The number of hydrogen-bond donors (Lipinski definition) is 2. The smallest absolute Gasteiger partial charge is 0.0814 e. The summed E-state index contributed by atoms with van der Waals surface area (Å²) in [5, 5.41) is 22.9. The van der Waals surface area contributed by atoms with Crippen molar-refractivity contribution >= 4 is 0 Å². The Hall–Kier alpha value is -0.380. The molecule has 0 radical (unpaired) electrons. The van der Waals surface area contributed by atoms with Crippen molar-refractivity contribution in [3.05, 3.63) is 12.2 Å². The highest BCUT2D eigenvalue weighted by atomic mass is 16.3. The van der Waals surface area contributed by atoms with E-state index in [0.717, 1.165) is 30.9 Å². The van der Waals surface area contributed by atoms with Gasteiger partial charge in [0.2, 0.25) is 0 Å². The van der Waals surface area contributed by atoms with E-state index in [-0.39, 0.29) is 29.0 Å². The molecule has 7 fully saturated rings.